The quantitative estimate of drug-likeness (QED) is 0.682. The minimum Gasteiger partial charge on any atom is -0.481 e. The normalized spacial score (nSPS) is 20.7. The molecule has 88 valence electrons. The first-order valence-corrected chi connectivity index (χ1v) is 6.03. The number of carboxylic acid groups (broad SMARTS) is 1. The molecule has 1 atom stereocenters. The molecule has 1 aliphatic rings. The van der Waals surface area contributed by atoms with Crippen molar-refractivity contribution in [2.45, 2.75) is 58.4 Å². The van der Waals surface area contributed by atoms with Crippen LogP contribution in [0.15, 0.2) is 0 Å². The highest BCUT2D eigenvalue weighted by Crippen LogP contribution is 2.43. The van der Waals surface area contributed by atoms with Gasteiger partial charge in [0.1, 0.15) is 0 Å². The molecule has 0 aromatic heterocycles. The molecule has 0 aliphatic heterocycles. The molecule has 0 radical (unpaired) electrons. The average molecular weight is 213 g/mol. The van der Waals surface area contributed by atoms with Gasteiger partial charge in [-0.1, -0.05) is 13.3 Å². The van der Waals surface area contributed by atoms with Crippen LogP contribution in [0.2, 0.25) is 0 Å². The Labute approximate surface area is 92.3 Å². The van der Waals surface area contributed by atoms with Crippen molar-refractivity contribution in [2.75, 3.05) is 6.54 Å². The van der Waals surface area contributed by atoms with Crippen molar-refractivity contribution in [2.24, 2.45) is 5.41 Å². The van der Waals surface area contributed by atoms with E-state index in [1.165, 1.54) is 25.7 Å². The fraction of sp³-hybridized carbons (Fsp3) is 0.917. The van der Waals surface area contributed by atoms with E-state index < -0.39 is 5.97 Å². The predicted molar refractivity (Wildman–Crippen MR) is 60.9 cm³/mol. The summed E-state index contributed by atoms with van der Waals surface area (Å²) < 4.78 is 0. The molecule has 1 fully saturated rings. The zero-order valence-corrected chi connectivity index (χ0v) is 9.88. The van der Waals surface area contributed by atoms with Crippen LogP contribution < -0.4 is 5.32 Å². The third-order valence-electron chi connectivity index (χ3n) is 3.78. The summed E-state index contributed by atoms with van der Waals surface area (Å²) in [5.74, 6) is -0.697. The Hall–Kier alpha value is -0.570. The van der Waals surface area contributed by atoms with Crippen molar-refractivity contribution in [3.05, 3.63) is 0 Å². The molecule has 0 heterocycles. The third kappa shape index (κ3) is 3.82. The van der Waals surface area contributed by atoms with Gasteiger partial charge in [-0.25, -0.2) is 0 Å². The standard InChI is InChI=1S/C12H23NO2/c1-3-12(7-4-8-12)9-13-10(2)5-6-11(14)15/h10,13H,3-9H2,1-2H3,(H,14,15). The number of nitrogens with one attached hydrogen (secondary N) is 1. The van der Waals surface area contributed by atoms with Crippen LogP contribution in [-0.2, 0) is 4.79 Å². The van der Waals surface area contributed by atoms with Crippen LogP contribution in [0.3, 0.4) is 0 Å². The van der Waals surface area contributed by atoms with E-state index >= 15 is 0 Å². The lowest BCUT2D eigenvalue weighted by Gasteiger charge is -2.42. The van der Waals surface area contributed by atoms with Crippen LogP contribution in [0, 0.1) is 5.41 Å². The average Bonchev–Trinajstić information content (AvgIpc) is 2.14. The lowest BCUT2D eigenvalue weighted by Crippen LogP contribution is -2.42. The maximum Gasteiger partial charge on any atom is 0.303 e. The fourth-order valence-electron chi connectivity index (χ4n) is 2.16. The van der Waals surface area contributed by atoms with Crippen LogP contribution in [-0.4, -0.2) is 23.7 Å². The molecule has 15 heavy (non-hydrogen) atoms. The van der Waals surface area contributed by atoms with E-state index in [2.05, 4.69) is 19.2 Å². The molecule has 3 heteroatoms. The second kappa shape index (κ2) is 5.50. The van der Waals surface area contributed by atoms with E-state index in [1.807, 2.05) is 0 Å². The summed E-state index contributed by atoms with van der Waals surface area (Å²) in [6.07, 6.45) is 6.28. The third-order valence-corrected chi connectivity index (χ3v) is 3.78. The fourth-order valence-corrected chi connectivity index (χ4v) is 2.16. The van der Waals surface area contributed by atoms with Gasteiger partial charge in [-0.15, -0.1) is 0 Å². The Balaban J connectivity index is 2.15. The SMILES string of the molecule is CCC1(CNC(C)CCC(=O)O)CCC1. The number of hydrogen-bond acceptors (Lipinski definition) is 2. The summed E-state index contributed by atoms with van der Waals surface area (Å²) in [4.78, 5) is 10.4. The zero-order valence-electron chi connectivity index (χ0n) is 9.88. The number of carbonyl (C=O) groups is 1. The van der Waals surface area contributed by atoms with Gasteiger partial charge in [-0.3, -0.25) is 4.79 Å². The molecule has 3 nitrogen and oxygen atoms in total. The Morgan fingerprint density at radius 2 is 2.20 bits per heavy atom. The smallest absolute Gasteiger partial charge is 0.303 e. The summed E-state index contributed by atoms with van der Waals surface area (Å²) in [6.45, 7) is 5.39. The Kier molecular flexibility index (Phi) is 4.58. The molecule has 2 N–H and O–H groups in total. The Morgan fingerprint density at radius 3 is 2.60 bits per heavy atom. The molecule has 0 aromatic carbocycles. The summed E-state index contributed by atoms with van der Waals surface area (Å²) in [7, 11) is 0. The molecule has 1 aliphatic carbocycles. The van der Waals surface area contributed by atoms with Gasteiger partial charge in [0.25, 0.3) is 0 Å². The number of carboxylic acids is 1. The molecule has 0 saturated heterocycles. The van der Waals surface area contributed by atoms with Gasteiger partial charge in [0.15, 0.2) is 0 Å². The largest absolute Gasteiger partial charge is 0.481 e. The second-order valence-electron chi connectivity index (χ2n) is 4.92. The predicted octanol–water partition coefficient (Wildman–Crippen LogP) is 2.41. The van der Waals surface area contributed by atoms with Gasteiger partial charge in [-0.05, 0) is 38.0 Å². The van der Waals surface area contributed by atoms with Gasteiger partial charge in [0.2, 0.25) is 0 Å². The van der Waals surface area contributed by atoms with Crippen molar-refractivity contribution in [3.63, 3.8) is 0 Å². The van der Waals surface area contributed by atoms with Crippen molar-refractivity contribution in [1.29, 1.82) is 0 Å². The molecule has 0 bridgehead atoms. The van der Waals surface area contributed by atoms with Crippen molar-refractivity contribution < 1.29 is 9.90 Å². The zero-order chi connectivity index (χ0) is 11.3. The number of rotatable bonds is 7. The first-order valence-electron chi connectivity index (χ1n) is 6.03. The van der Waals surface area contributed by atoms with E-state index in [4.69, 9.17) is 5.11 Å². The first-order chi connectivity index (χ1) is 7.08. The topological polar surface area (TPSA) is 49.3 Å². The van der Waals surface area contributed by atoms with Gasteiger partial charge in [0.05, 0.1) is 0 Å². The molecule has 0 spiro atoms. The number of aliphatic carboxylic acids is 1. The van der Waals surface area contributed by atoms with Crippen molar-refractivity contribution in [1.82, 2.24) is 5.32 Å². The highest BCUT2D eigenvalue weighted by atomic mass is 16.4. The molecule has 1 rings (SSSR count). The lowest BCUT2D eigenvalue weighted by molar-refractivity contribution is -0.137. The summed E-state index contributed by atoms with van der Waals surface area (Å²) >= 11 is 0. The van der Waals surface area contributed by atoms with Crippen LogP contribution in [0.4, 0.5) is 0 Å². The van der Waals surface area contributed by atoms with Crippen molar-refractivity contribution >= 4 is 5.97 Å². The first kappa shape index (κ1) is 12.5. The highest BCUT2D eigenvalue weighted by molar-refractivity contribution is 5.66. The highest BCUT2D eigenvalue weighted by Gasteiger charge is 2.34. The molecule has 0 aromatic rings. The van der Waals surface area contributed by atoms with E-state index in [-0.39, 0.29) is 6.42 Å². The van der Waals surface area contributed by atoms with Gasteiger partial charge in [-0.2, -0.15) is 0 Å². The van der Waals surface area contributed by atoms with E-state index in [0.29, 0.717) is 11.5 Å². The van der Waals surface area contributed by atoms with Gasteiger partial charge in [0, 0.05) is 19.0 Å². The Morgan fingerprint density at radius 1 is 1.53 bits per heavy atom. The monoisotopic (exact) mass is 213 g/mol. The van der Waals surface area contributed by atoms with Gasteiger partial charge >= 0.3 is 5.97 Å². The maximum absolute atomic E-state index is 10.4. The van der Waals surface area contributed by atoms with Crippen LogP contribution >= 0.6 is 0 Å². The molecule has 0 amide bonds. The van der Waals surface area contributed by atoms with E-state index in [9.17, 15) is 4.79 Å². The van der Waals surface area contributed by atoms with Crippen LogP contribution in [0.1, 0.15) is 52.4 Å². The van der Waals surface area contributed by atoms with Crippen molar-refractivity contribution in [3.8, 4) is 0 Å². The summed E-state index contributed by atoms with van der Waals surface area (Å²) in [5, 5.41) is 12.0. The lowest BCUT2D eigenvalue weighted by atomic mass is 9.67. The molecule has 1 saturated carbocycles. The summed E-state index contributed by atoms with van der Waals surface area (Å²) in [6, 6.07) is 0.324. The van der Waals surface area contributed by atoms with Gasteiger partial charge < -0.3 is 10.4 Å². The molecular formula is C12H23NO2. The molecule has 1 unspecified atom stereocenters. The Bertz CT molecular complexity index is 206. The van der Waals surface area contributed by atoms with E-state index in [0.717, 1.165) is 13.0 Å². The molecular weight excluding hydrogens is 190 g/mol. The summed E-state index contributed by atoms with van der Waals surface area (Å²) in [5.41, 5.74) is 0.525. The minimum atomic E-state index is -0.697. The maximum atomic E-state index is 10.4. The van der Waals surface area contributed by atoms with Crippen LogP contribution in [0.25, 0.3) is 0 Å². The number of hydrogen-bond donors (Lipinski definition) is 2. The van der Waals surface area contributed by atoms with E-state index in [1.54, 1.807) is 0 Å². The van der Waals surface area contributed by atoms with Crippen LogP contribution in [0.5, 0.6) is 0 Å². The minimum absolute atomic E-state index is 0.271. The second-order valence-corrected chi connectivity index (χ2v) is 4.92.